The van der Waals surface area contributed by atoms with Crippen LogP contribution in [0.4, 0.5) is 11.9 Å². The number of hydrogen-bond donors (Lipinski definition) is 3. The summed E-state index contributed by atoms with van der Waals surface area (Å²) in [5.74, 6) is 1.58. The number of nitrogens with zero attached hydrogens (tertiary/aromatic N) is 3. The second kappa shape index (κ2) is 5.16. The van der Waals surface area contributed by atoms with E-state index in [1.54, 1.807) is 6.92 Å². The van der Waals surface area contributed by atoms with Gasteiger partial charge in [0.05, 0.1) is 0 Å². The Kier molecular flexibility index (Phi) is 3.59. The van der Waals surface area contributed by atoms with Crippen LogP contribution in [0.2, 0.25) is 0 Å². The molecule has 0 radical (unpaired) electrons. The molecule has 1 unspecified atom stereocenters. The Hall–Kier alpha value is -1.92. The van der Waals surface area contributed by atoms with Crippen LogP contribution in [0.5, 0.6) is 0 Å². The number of aromatic nitrogens is 3. The van der Waals surface area contributed by atoms with Crippen LogP contribution in [0, 0.1) is 0 Å². The van der Waals surface area contributed by atoms with E-state index >= 15 is 0 Å². The van der Waals surface area contributed by atoms with Gasteiger partial charge in [0.2, 0.25) is 17.8 Å². The van der Waals surface area contributed by atoms with Crippen molar-refractivity contribution in [3.05, 3.63) is 5.82 Å². The molecule has 1 fully saturated rings. The lowest BCUT2D eigenvalue weighted by Gasteiger charge is -2.13. The largest absolute Gasteiger partial charge is 0.368 e. The molecular weight excluding hydrogens is 232 g/mol. The second-order valence-corrected chi connectivity index (χ2v) is 4.41. The Morgan fingerprint density at radius 2 is 2.17 bits per heavy atom. The van der Waals surface area contributed by atoms with Crippen LogP contribution in [0.3, 0.4) is 0 Å². The first-order valence-electron chi connectivity index (χ1n) is 6.15. The van der Waals surface area contributed by atoms with Gasteiger partial charge in [-0.1, -0.05) is 0 Å². The number of rotatable bonds is 5. The molecule has 0 bridgehead atoms. The maximum atomic E-state index is 11.6. The molecule has 1 heterocycles. The van der Waals surface area contributed by atoms with Gasteiger partial charge in [0.15, 0.2) is 0 Å². The van der Waals surface area contributed by atoms with Gasteiger partial charge in [-0.15, -0.1) is 0 Å². The van der Waals surface area contributed by atoms with E-state index in [0.717, 1.165) is 12.8 Å². The third-order valence-corrected chi connectivity index (χ3v) is 2.70. The lowest BCUT2D eigenvalue weighted by atomic mass is 10.3. The summed E-state index contributed by atoms with van der Waals surface area (Å²) in [7, 11) is 0. The van der Waals surface area contributed by atoms with Gasteiger partial charge >= 0.3 is 0 Å². The van der Waals surface area contributed by atoms with E-state index in [9.17, 15) is 4.79 Å². The van der Waals surface area contributed by atoms with Gasteiger partial charge < -0.3 is 16.4 Å². The lowest BCUT2D eigenvalue weighted by molar-refractivity contribution is -0.121. The fourth-order valence-electron chi connectivity index (χ4n) is 1.58. The molecular formula is C11H18N6O. The number of nitrogens with one attached hydrogen (secondary N) is 2. The molecule has 1 aromatic rings. The number of anilines is 2. The topological polar surface area (TPSA) is 106 Å². The van der Waals surface area contributed by atoms with Crippen molar-refractivity contribution in [2.24, 2.45) is 0 Å². The van der Waals surface area contributed by atoms with E-state index in [-0.39, 0.29) is 11.9 Å². The maximum Gasteiger partial charge on any atom is 0.242 e. The van der Waals surface area contributed by atoms with Gasteiger partial charge in [-0.25, -0.2) is 0 Å². The van der Waals surface area contributed by atoms with E-state index in [1.807, 2.05) is 6.92 Å². The molecule has 0 aromatic carbocycles. The molecule has 98 valence electrons. The predicted molar refractivity (Wildman–Crippen MR) is 68.0 cm³/mol. The molecule has 1 aliphatic carbocycles. The first-order valence-corrected chi connectivity index (χ1v) is 6.15. The Morgan fingerprint density at radius 3 is 2.78 bits per heavy atom. The third kappa shape index (κ3) is 3.06. The average Bonchev–Trinajstić information content (AvgIpc) is 3.12. The minimum absolute atomic E-state index is 0.0931. The van der Waals surface area contributed by atoms with Crippen molar-refractivity contribution in [1.29, 1.82) is 0 Å². The number of nitrogens with two attached hydrogens (primary N) is 1. The van der Waals surface area contributed by atoms with E-state index in [4.69, 9.17) is 5.73 Å². The number of hydrogen-bond acceptors (Lipinski definition) is 6. The first-order chi connectivity index (χ1) is 8.60. The lowest BCUT2D eigenvalue weighted by Crippen LogP contribution is -2.37. The third-order valence-electron chi connectivity index (χ3n) is 2.70. The standard InChI is InChI=1S/C11H18N6O/c1-3-13-9(18)6(2)14-11-16-8(7-4-5-7)15-10(12)17-11/h6-7H,3-5H2,1-2H3,(H,13,18)(H3,12,14,15,16,17). The first kappa shape index (κ1) is 12.5. The summed E-state index contributed by atoms with van der Waals surface area (Å²) in [4.78, 5) is 24.0. The summed E-state index contributed by atoms with van der Waals surface area (Å²) >= 11 is 0. The highest BCUT2D eigenvalue weighted by Crippen LogP contribution is 2.38. The fourth-order valence-corrected chi connectivity index (χ4v) is 1.58. The molecule has 0 spiro atoms. The van der Waals surface area contributed by atoms with Crippen molar-refractivity contribution in [2.45, 2.75) is 38.6 Å². The molecule has 1 saturated carbocycles. The molecule has 4 N–H and O–H groups in total. The highest BCUT2D eigenvalue weighted by Gasteiger charge is 2.27. The number of nitrogen functional groups attached to an aromatic ring is 1. The molecule has 1 aromatic heterocycles. The highest BCUT2D eigenvalue weighted by atomic mass is 16.2. The summed E-state index contributed by atoms with van der Waals surface area (Å²) in [6, 6.07) is -0.404. The number of likely N-dealkylation sites (N-methyl/N-ethyl adjacent to an activating group) is 1. The van der Waals surface area contributed by atoms with Gasteiger partial charge in [-0.2, -0.15) is 15.0 Å². The van der Waals surface area contributed by atoms with Crippen LogP contribution < -0.4 is 16.4 Å². The molecule has 2 rings (SSSR count). The van der Waals surface area contributed by atoms with Crippen molar-refractivity contribution >= 4 is 17.8 Å². The Balaban J connectivity index is 2.06. The monoisotopic (exact) mass is 250 g/mol. The molecule has 7 nitrogen and oxygen atoms in total. The SMILES string of the molecule is CCNC(=O)C(C)Nc1nc(N)nc(C2CC2)n1. The quantitative estimate of drug-likeness (QED) is 0.692. The minimum Gasteiger partial charge on any atom is -0.368 e. The molecule has 1 atom stereocenters. The van der Waals surface area contributed by atoms with E-state index in [0.29, 0.717) is 24.2 Å². The van der Waals surface area contributed by atoms with Crippen molar-refractivity contribution < 1.29 is 4.79 Å². The second-order valence-electron chi connectivity index (χ2n) is 4.41. The molecule has 7 heteroatoms. The van der Waals surface area contributed by atoms with E-state index in [1.165, 1.54) is 0 Å². The molecule has 18 heavy (non-hydrogen) atoms. The summed E-state index contributed by atoms with van der Waals surface area (Å²) < 4.78 is 0. The highest BCUT2D eigenvalue weighted by molar-refractivity contribution is 5.83. The fraction of sp³-hybridized carbons (Fsp3) is 0.636. The van der Waals surface area contributed by atoms with Crippen molar-refractivity contribution in [3.63, 3.8) is 0 Å². The van der Waals surface area contributed by atoms with Crippen molar-refractivity contribution in [3.8, 4) is 0 Å². The predicted octanol–water partition coefficient (Wildman–Crippen LogP) is 0.268. The van der Waals surface area contributed by atoms with Crippen LogP contribution in [0.25, 0.3) is 0 Å². The zero-order valence-electron chi connectivity index (χ0n) is 10.6. The zero-order chi connectivity index (χ0) is 13.1. The van der Waals surface area contributed by atoms with E-state index in [2.05, 4.69) is 25.6 Å². The Labute approximate surface area is 106 Å². The minimum atomic E-state index is -0.404. The van der Waals surface area contributed by atoms with Gasteiger partial charge in [-0.3, -0.25) is 4.79 Å². The van der Waals surface area contributed by atoms with Crippen LogP contribution in [-0.2, 0) is 4.79 Å². The van der Waals surface area contributed by atoms with Crippen LogP contribution in [0.15, 0.2) is 0 Å². The number of amides is 1. The van der Waals surface area contributed by atoms with Crippen LogP contribution in [0.1, 0.15) is 38.4 Å². The summed E-state index contributed by atoms with van der Waals surface area (Å²) in [5, 5.41) is 5.66. The smallest absolute Gasteiger partial charge is 0.242 e. The molecule has 0 aliphatic heterocycles. The molecule has 0 saturated heterocycles. The summed E-state index contributed by atoms with van der Waals surface area (Å²) in [5.41, 5.74) is 5.63. The van der Waals surface area contributed by atoms with E-state index < -0.39 is 6.04 Å². The summed E-state index contributed by atoms with van der Waals surface area (Å²) in [6.07, 6.45) is 2.18. The van der Waals surface area contributed by atoms with Gasteiger partial charge in [-0.05, 0) is 26.7 Å². The van der Waals surface area contributed by atoms with Gasteiger partial charge in [0.25, 0.3) is 0 Å². The number of carbonyl (C=O) groups excluding carboxylic acids is 1. The average molecular weight is 250 g/mol. The van der Waals surface area contributed by atoms with Gasteiger partial charge in [0.1, 0.15) is 11.9 Å². The molecule has 1 amide bonds. The zero-order valence-corrected chi connectivity index (χ0v) is 10.6. The van der Waals surface area contributed by atoms with Crippen LogP contribution in [-0.4, -0.2) is 33.4 Å². The number of carbonyl (C=O) groups is 1. The van der Waals surface area contributed by atoms with Crippen molar-refractivity contribution in [2.75, 3.05) is 17.6 Å². The Morgan fingerprint density at radius 1 is 1.44 bits per heavy atom. The molecule has 1 aliphatic rings. The van der Waals surface area contributed by atoms with Crippen molar-refractivity contribution in [1.82, 2.24) is 20.3 Å². The Bertz CT molecular complexity index is 445. The maximum absolute atomic E-state index is 11.6. The van der Waals surface area contributed by atoms with Gasteiger partial charge in [0, 0.05) is 12.5 Å². The normalized spacial score (nSPS) is 16.1. The van der Waals surface area contributed by atoms with Crippen LogP contribution >= 0.6 is 0 Å². The summed E-state index contributed by atoms with van der Waals surface area (Å²) in [6.45, 7) is 4.22.